The van der Waals surface area contributed by atoms with Gasteiger partial charge in [0, 0.05) is 10.2 Å². The van der Waals surface area contributed by atoms with E-state index in [-0.39, 0.29) is 0 Å². The third kappa shape index (κ3) is 2.36. The summed E-state index contributed by atoms with van der Waals surface area (Å²) in [5.41, 5.74) is 1.95. The average molecular weight is 204 g/mol. The lowest BCUT2D eigenvalue weighted by Crippen LogP contribution is -2.06. The minimum atomic E-state index is 0.407. The highest BCUT2D eigenvalue weighted by Crippen LogP contribution is 2.22. The Bertz CT molecular complexity index is 324. The fourth-order valence-corrected chi connectivity index (χ4v) is 2.25. The van der Waals surface area contributed by atoms with Crippen LogP contribution in [0.1, 0.15) is 11.1 Å². The van der Waals surface area contributed by atoms with Crippen LogP contribution >= 0.6 is 0 Å². The predicted octanol–water partition coefficient (Wildman–Crippen LogP) is 0.840. The Labute approximate surface area is 88.2 Å². The van der Waals surface area contributed by atoms with Crippen molar-refractivity contribution in [3.05, 3.63) is 48.6 Å². The van der Waals surface area contributed by atoms with Gasteiger partial charge in [-0.15, -0.1) is 13.2 Å². The van der Waals surface area contributed by atoms with Crippen LogP contribution in [0.25, 0.3) is 0 Å². The van der Waals surface area contributed by atoms with E-state index in [9.17, 15) is 5.11 Å². The van der Waals surface area contributed by atoms with E-state index in [0.717, 1.165) is 34.2 Å². The van der Waals surface area contributed by atoms with E-state index in [1.165, 1.54) is 5.19 Å². The predicted molar refractivity (Wildman–Crippen MR) is 65.5 cm³/mol. The van der Waals surface area contributed by atoms with Gasteiger partial charge in [0.2, 0.25) is 0 Å². The summed E-state index contributed by atoms with van der Waals surface area (Å²) in [5, 5.41) is 11.2. The van der Waals surface area contributed by atoms with Crippen LogP contribution in [0.15, 0.2) is 37.4 Å². The van der Waals surface area contributed by atoms with Gasteiger partial charge in [0.25, 0.3) is 0 Å². The second kappa shape index (κ2) is 4.82. The summed E-state index contributed by atoms with van der Waals surface area (Å²) in [6.45, 7) is 7.36. The van der Waals surface area contributed by atoms with Crippen molar-refractivity contribution in [2.75, 3.05) is 0 Å². The molecule has 0 unspecified atom stereocenters. The van der Waals surface area contributed by atoms with Crippen molar-refractivity contribution < 1.29 is 5.11 Å². The summed E-state index contributed by atoms with van der Waals surface area (Å²) in [5.74, 6) is 0.407. The lowest BCUT2D eigenvalue weighted by Gasteiger charge is -2.08. The lowest BCUT2D eigenvalue weighted by atomic mass is 10.0. The molecule has 74 valence electrons. The van der Waals surface area contributed by atoms with Crippen LogP contribution in [0.2, 0.25) is 0 Å². The molecular weight excluding hydrogens is 188 g/mol. The molecule has 0 aliphatic heterocycles. The monoisotopic (exact) mass is 204 g/mol. The van der Waals surface area contributed by atoms with Crippen LogP contribution in [0.5, 0.6) is 5.75 Å². The maximum atomic E-state index is 9.90. The molecule has 0 fully saturated rings. The molecule has 0 aliphatic carbocycles. The summed E-state index contributed by atoms with van der Waals surface area (Å²) in [6, 6.07) is 4.10. The summed E-state index contributed by atoms with van der Waals surface area (Å²) in [6.07, 6.45) is 5.08. The quantitative estimate of drug-likeness (QED) is 0.569. The van der Waals surface area contributed by atoms with E-state index >= 15 is 0 Å². The molecule has 0 spiro atoms. The highest BCUT2D eigenvalue weighted by molar-refractivity contribution is 6.32. The molecule has 1 aromatic rings. The summed E-state index contributed by atoms with van der Waals surface area (Å²) >= 11 is 0. The van der Waals surface area contributed by atoms with Crippen molar-refractivity contribution in [1.82, 2.24) is 0 Å². The van der Waals surface area contributed by atoms with Gasteiger partial charge in [-0.25, -0.2) is 0 Å². The molecule has 0 bridgehead atoms. The van der Waals surface area contributed by atoms with Crippen LogP contribution in [0, 0.1) is 0 Å². The minimum Gasteiger partial charge on any atom is -0.507 e. The molecule has 2 heteroatoms. The van der Waals surface area contributed by atoms with E-state index in [2.05, 4.69) is 25.3 Å². The number of phenols is 1. The zero-order valence-electron chi connectivity index (χ0n) is 8.59. The third-order valence-corrected chi connectivity index (χ3v) is 2.72. The van der Waals surface area contributed by atoms with E-state index in [4.69, 9.17) is 0 Å². The minimum absolute atomic E-state index is 0.407. The normalized spacial score (nSPS) is 10.0. The van der Waals surface area contributed by atoms with Crippen LogP contribution in [-0.2, 0) is 12.8 Å². The molecule has 0 heterocycles. The Balaban J connectivity index is 3.16. The molecule has 14 heavy (non-hydrogen) atoms. The number of benzene rings is 1. The van der Waals surface area contributed by atoms with Gasteiger partial charge in [0.1, 0.15) is 5.75 Å². The highest BCUT2D eigenvalue weighted by atomic mass is 28.1. The molecular formula is C12H16OSi. The van der Waals surface area contributed by atoms with Crippen molar-refractivity contribution >= 4 is 15.4 Å². The van der Waals surface area contributed by atoms with E-state index in [0.29, 0.717) is 5.75 Å². The molecule has 0 aliphatic rings. The Kier molecular flexibility index (Phi) is 3.71. The van der Waals surface area contributed by atoms with Crippen LogP contribution in [0.4, 0.5) is 0 Å². The van der Waals surface area contributed by atoms with Crippen molar-refractivity contribution in [2.24, 2.45) is 0 Å². The fraction of sp³-hybridized carbons (Fsp3) is 0.167. The van der Waals surface area contributed by atoms with Crippen molar-refractivity contribution in [2.45, 2.75) is 12.8 Å². The van der Waals surface area contributed by atoms with E-state index in [1.54, 1.807) is 0 Å². The first kappa shape index (κ1) is 10.8. The number of hydrogen-bond donors (Lipinski definition) is 1. The van der Waals surface area contributed by atoms with Gasteiger partial charge in [-0.2, -0.15) is 0 Å². The second-order valence-corrected chi connectivity index (χ2v) is 4.57. The maximum Gasteiger partial charge on any atom is 0.122 e. The standard InChI is InChI=1S/C12H16OSi/c1-3-5-9-7-11(14)8-10(6-4-2)12(9)13/h3-4,7-8,13H,1-2,5-6H2,14H3. The first-order chi connectivity index (χ1) is 6.69. The number of aromatic hydroxyl groups is 1. The zero-order valence-corrected chi connectivity index (χ0v) is 10.6. The van der Waals surface area contributed by atoms with E-state index in [1.807, 2.05) is 12.2 Å². The van der Waals surface area contributed by atoms with Gasteiger partial charge in [-0.1, -0.05) is 29.5 Å². The molecule has 1 aromatic carbocycles. The first-order valence-corrected chi connectivity index (χ1v) is 5.72. The molecule has 0 saturated heterocycles. The molecule has 1 rings (SSSR count). The Morgan fingerprint density at radius 1 is 1.14 bits per heavy atom. The van der Waals surface area contributed by atoms with Crippen molar-refractivity contribution in [3.63, 3.8) is 0 Å². The Morgan fingerprint density at radius 2 is 1.57 bits per heavy atom. The average Bonchev–Trinajstić information content (AvgIpc) is 2.14. The van der Waals surface area contributed by atoms with Crippen molar-refractivity contribution in [1.29, 1.82) is 0 Å². The smallest absolute Gasteiger partial charge is 0.122 e. The Morgan fingerprint density at radius 3 is 1.93 bits per heavy atom. The SMILES string of the molecule is C=CCc1cc([SiH3])cc(CC=C)c1O. The number of rotatable bonds is 4. The van der Waals surface area contributed by atoms with Gasteiger partial charge in [0.05, 0.1) is 0 Å². The molecule has 0 atom stereocenters. The van der Waals surface area contributed by atoms with Crippen LogP contribution < -0.4 is 5.19 Å². The maximum absolute atomic E-state index is 9.90. The topological polar surface area (TPSA) is 20.2 Å². The lowest BCUT2D eigenvalue weighted by molar-refractivity contribution is 0.464. The first-order valence-electron chi connectivity index (χ1n) is 4.72. The molecule has 1 N–H and O–H groups in total. The molecule has 1 nitrogen and oxygen atoms in total. The van der Waals surface area contributed by atoms with Gasteiger partial charge >= 0.3 is 0 Å². The van der Waals surface area contributed by atoms with Gasteiger partial charge in [0.15, 0.2) is 0 Å². The van der Waals surface area contributed by atoms with Gasteiger partial charge < -0.3 is 5.11 Å². The number of allylic oxidation sites excluding steroid dienone is 2. The molecule has 0 saturated carbocycles. The zero-order chi connectivity index (χ0) is 10.6. The number of phenolic OH excluding ortho intramolecular Hbond substituents is 1. The molecule has 0 amide bonds. The highest BCUT2D eigenvalue weighted by Gasteiger charge is 2.05. The van der Waals surface area contributed by atoms with Crippen molar-refractivity contribution in [3.8, 4) is 5.75 Å². The van der Waals surface area contributed by atoms with E-state index < -0.39 is 0 Å². The summed E-state index contributed by atoms with van der Waals surface area (Å²) in [7, 11) is 1.00. The Hall–Kier alpha value is -1.28. The summed E-state index contributed by atoms with van der Waals surface area (Å²) in [4.78, 5) is 0. The van der Waals surface area contributed by atoms with Gasteiger partial charge in [-0.3, -0.25) is 0 Å². The summed E-state index contributed by atoms with van der Waals surface area (Å²) < 4.78 is 0. The fourth-order valence-electron chi connectivity index (χ4n) is 1.56. The van der Waals surface area contributed by atoms with Crippen LogP contribution in [-0.4, -0.2) is 15.3 Å². The number of hydrogen-bond acceptors (Lipinski definition) is 1. The van der Waals surface area contributed by atoms with Crippen LogP contribution in [0.3, 0.4) is 0 Å². The third-order valence-electron chi connectivity index (χ3n) is 2.14. The second-order valence-electron chi connectivity index (χ2n) is 3.42. The molecule has 0 radical (unpaired) electrons. The molecule has 0 aromatic heterocycles. The van der Waals surface area contributed by atoms with Gasteiger partial charge in [-0.05, 0) is 24.0 Å². The largest absolute Gasteiger partial charge is 0.507 e.